The van der Waals surface area contributed by atoms with Gasteiger partial charge in [-0.1, -0.05) is 0 Å². The van der Waals surface area contributed by atoms with Gasteiger partial charge in [0.2, 0.25) is 5.91 Å². The third-order valence-corrected chi connectivity index (χ3v) is 4.57. The minimum atomic E-state index is -3.86. The number of amides is 1. The van der Waals surface area contributed by atoms with Gasteiger partial charge in [0.15, 0.2) is 9.84 Å². The molecule has 6 nitrogen and oxygen atoms in total. The van der Waals surface area contributed by atoms with E-state index in [0.29, 0.717) is 16.8 Å². The molecule has 0 unspecified atom stereocenters. The SMILES string of the molecule is Cc1cc(S(=O)(=O)Cl)cc(C)c1NC(=O)CS(C)(=O)=O. The average Bonchev–Trinajstić information content (AvgIpc) is 2.19. The molecule has 1 rings (SSSR count). The number of anilines is 1. The van der Waals surface area contributed by atoms with E-state index in [1.54, 1.807) is 13.8 Å². The Morgan fingerprint density at radius 1 is 1.15 bits per heavy atom. The second-order valence-corrected chi connectivity index (χ2v) is 9.19. The third-order valence-electron chi connectivity index (χ3n) is 2.45. The van der Waals surface area contributed by atoms with Crippen LogP contribution in [0.4, 0.5) is 5.69 Å². The van der Waals surface area contributed by atoms with Crippen LogP contribution in [0.15, 0.2) is 17.0 Å². The lowest BCUT2D eigenvalue weighted by atomic mass is 10.1. The molecular weight excluding hydrogens is 326 g/mol. The molecule has 0 radical (unpaired) electrons. The van der Waals surface area contributed by atoms with Crippen LogP contribution in [0, 0.1) is 13.8 Å². The van der Waals surface area contributed by atoms with E-state index in [2.05, 4.69) is 5.32 Å². The monoisotopic (exact) mass is 339 g/mol. The topological polar surface area (TPSA) is 97.4 Å². The van der Waals surface area contributed by atoms with Gasteiger partial charge in [-0.2, -0.15) is 0 Å². The molecule has 20 heavy (non-hydrogen) atoms. The van der Waals surface area contributed by atoms with E-state index in [0.717, 1.165) is 6.26 Å². The Balaban J connectivity index is 3.13. The van der Waals surface area contributed by atoms with Gasteiger partial charge in [0, 0.05) is 22.6 Å². The molecule has 0 saturated carbocycles. The van der Waals surface area contributed by atoms with Crippen LogP contribution < -0.4 is 5.32 Å². The number of benzene rings is 1. The lowest BCUT2D eigenvalue weighted by Crippen LogP contribution is -2.22. The van der Waals surface area contributed by atoms with E-state index in [-0.39, 0.29) is 4.90 Å². The largest absolute Gasteiger partial charge is 0.325 e. The Bertz CT molecular complexity index is 730. The summed E-state index contributed by atoms with van der Waals surface area (Å²) in [7, 11) is -2.03. The van der Waals surface area contributed by atoms with E-state index in [4.69, 9.17) is 10.7 Å². The second-order valence-electron chi connectivity index (χ2n) is 4.49. The summed E-state index contributed by atoms with van der Waals surface area (Å²) in [4.78, 5) is 11.5. The van der Waals surface area contributed by atoms with Crippen molar-refractivity contribution in [1.29, 1.82) is 0 Å². The van der Waals surface area contributed by atoms with Gasteiger partial charge in [-0.15, -0.1) is 0 Å². The van der Waals surface area contributed by atoms with Crippen LogP contribution in [-0.2, 0) is 23.7 Å². The minimum absolute atomic E-state index is 0.0738. The van der Waals surface area contributed by atoms with E-state index in [1.165, 1.54) is 12.1 Å². The van der Waals surface area contributed by atoms with Gasteiger partial charge in [0.1, 0.15) is 5.75 Å². The van der Waals surface area contributed by atoms with Gasteiger partial charge in [0.25, 0.3) is 9.05 Å². The van der Waals surface area contributed by atoms with Crippen molar-refractivity contribution in [2.75, 3.05) is 17.3 Å². The number of hydrogen-bond donors (Lipinski definition) is 1. The van der Waals surface area contributed by atoms with Crippen molar-refractivity contribution < 1.29 is 21.6 Å². The zero-order chi connectivity index (χ0) is 15.7. The molecule has 1 aromatic rings. The fourth-order valence-electron chi connectivity index (χ4n) is 1.68. The molecule has 0 saturated heterocycles. The first kappa shape index (κ1) is 16.9. The Morgan fingerprint density at radius 2 is 1.60 bits per heavy atom. The van der Waals surface area contributed by atoms with Crippen molar-refractivity contribution in [2.45, 2.75) is 18.7 Å². The smallest absolute Gasteiger partial charge is 0.261 e. The predicted molar refractivity (Wildman–Crippen MR) is 77.3 cm³/mol. The highest BCUT2D eigenvalue weighted by molar-refractivity contribution is 8.13. The highest BCUT2D eigenvalue weighted by atomic mass is 35.7. The first-order chi connectivity index (χ1) is 8.90. The molecule has 0 aliphatic heterocycles. The number of sulfone groups is 1. The van der Waals surface area contributed by atoms with E-state index >= 15 is 0 Å². The number of carbonyl (C=O) groups excluding carboxylic acids is 1. The minimum Gasteiger partial charge on any atom is -0.325 e. The molecule has 0 atom stereocenters. The Labute approximate surface area is 122 Å². The van der Waals surface area contributed by atoms with Crippen LogP contribution in [0.25, 0.3) is 0 Å². The van der Waals surface area contributed by atoms with Crippen LogP contribution in [-0.4, -0.2) is 34.8 Å². The van der Waals surface area contributed by atoms with Crippen LogP contribution in [0.1, 0.15) is 11.1 Å². The molecule has 0 aromatic heterocycles. The predicted octanol–water partition coefficient (Wildman–Crippen LogP) is 1.21. The van der Waals surface area contributed by atoms with Crippen molar-refractivity contribution in [3.05, 3.63) is 23.3 Å². The molecule has 0 bridgehead atoms. The highest BCUT2D eigenvalue weighted by Crippen LogP contribution is 2.26. The second kappa shape index (κ2) is 5.71. The summed E-state index contributed by atoms with van der Waals surface area (Å²) in [6, 6.07) is 2.62. The van der Waals surface area contributed by atoms with Gasteiger partial charge in [0.05, 0.1) is 4.90 Å². The van der Waals surface area contributed by atoms with Crippen LogP contribution in [0.2, 0.25) is 0 Å². The molecule has 0 aliphatic carbocycles. The average molecular weight is 340 g/mol. The lowest BCUT2D eigenvalue weighted by molar-refractivity contribution is -0.113. The number of carbonyl (C=O) groups is 1. The summed E-state index contributed by atoms with van der Waals surface area (Å²) in [5.74, 6) is -1.32. The zero-order valence-corrected chi connectivity index (χ0v) is 13.5. The number of rotatable bonds is 4. The first-order valence-corrected chi connectivity index (χ1v) is 9.80. The molecule has 1 amide bonds. The van der Waals surface area contributed by atoms with Crippen molar-refractivity contribution in [1.82, 2.24) is 0 Å². The maximum absolute atomic E-state index is 11.6. The van der Waals surface area contributed by atoms with Gasteiger partial charge >= 0.3 is 0 Å². The van der Waals surface area contributed by atoms with Crippen LogP contribution in [0.3, 0.4) is 0 Å². The summed E-state index contributed by atoms with van der Waals surface area (Å²) in [5, 5.41) is 2.46. The lowest BCUT2D eigenvalue weighted by Gasteiger charge is -2.12. The van der Waals surface area contributed by atoms with Gasteiger partial charge in [-0.3, -0.25) is 4.79 Å². The number of nitrogens with one attached hydrogen (secondary N) is 1. The number of aryl methyl sites for hydroxylation is 2. The summed E-state index contributed by atoms with van der Waals surface area (Å²) in [5.41, 5.74) is 1.33. The van der Waals surface area contributed by atoms with Crippen LogP contribution >= 0.6 is 10.7 Å². The Hall–Kier alpha value is -1.12. The molecule has 1 aromatic carbocycles. The van der Waals surface area contributed by atoms with E-state index in [1.807, 2.05) is 0 Å². The normalized spacial score (nSPS) is 12.2. The molecule has 112 valence electrons. The fraction of sp³-hybridized carbons (Fsp3) is 0.364. The molecule has 9 heteroatoms. The standard InChI is InChI=1S/C11H14ClNO5S2/c1-7-4-9(20(12,17)18)5-8(2)11(7)13-10(14)6-19(3,15)16/h4-5H,6H2,1-3H3,(H,13,14). The first-order valence-electron chi connectivity index (χ1n) is 5.43. The molecule has 0 fully saturated rings. The highest BCUT2D eigenvalue weighted by Gasteiger charge is 2.17. The van der Waals surface area contributed by atoms with Crippen molar-refractivity contribution >= 4 is 41.2 Å². The summed E-state index contributed by atoms with van der Waals surface area (Å²) in [6.45, 7) is 3.18. The zero-order valence-electron chi connectivity index (χ0n) is 11.1. The van der Waals surface area contributed by atoms with Gasteiger partial charge in [-0.25, -0.2) is 16.8 Å². The molecule has 0 heterocycles. The van der Waals surface area contributed by atoms with Gasteiger partial charge < -0.3 is 5.32 Å². The number of hydrogen-bond acceptors (Lipinski definition) is 5. The fourth-order valence-corrected chi connectivity index (χ4v) is 3.13. The van der Waals surface area contributed by atoms with E-state index < -0.39 is 30.5 Å². The Kier molecular flexibility index (Phi) is 4.83. The summed E-state index contributed by atoms with van der Waals surface area (Å²) < 4.78 is 44.6. The van der Waals surface area contributed by atoms with Gasteiger partial charge in [-0.05, 0) is 37.1 Å². The maximum Gasteiger partial charge on any atom is 0.261 e. The van der Waals surface area contributed by atoms with Crippen molar-refractivity contribution in [2.24, 2.45) is 0 Å². The molecule has 1 N–H and O–H groups in total. The quantitative estimate of drug-likeness (QED) is 0.832. The summed E-state index contributed by atoms with van der Waals surface area (Å²) in [6.07, 6.45) is 0.954. The van der Waals surface area contributed by atoms with E-state index in [9.17, 15) is 21.6 Å². The number of halogens is 1. The maximum atomic E-state index is 11.6. The van der Waals surface area contributed by atoms with Crippen molar-refractivity contribution in [3.8, 4) is 0 Å². The summed E-state index contributed by atoms with van der Waals surface area (Å²) >= 11 is 0. The molecule has 0 spiro atoms. The van der Waals surface area contributed by atoms with Crippen LogP contribution in [0.5, 0.6) is 0 Å². The molecular formula is C11H14ClNO5S2. The Morgan fingerprint density at radius 3 is 1.95 bits per heavy atom. The molecule has 0 aliphatic rings. The third kappa shape index (κ3) is 4.77. The van der Waals surface area contributed by atoms with Crippen molar-refractivity contribution in [3.63, 3.8) is 0 Å².